The van der Waals surface area contributed by atoms with Crippen LogP contribution in [0.3, 0.4) is 0 Å². The van der Waals surface area contributed by atoms with Gasteiger partial charge in [-0.15, -0.1) is 24.0 Å². The van der Waals surface area contributed by atoms with Crippen molar-refractivity contribution in [3.63, 3.8) is 0 Å². The zero-order valence-corrected chi connectivity index (χ0v) is 22.5. The Labute approximate surface area is 204 Å². The summed E-state index contributed by atoms with van der Waals surface area (Å²) in [7, 11) is 3.41. The molecule has 1 saturated heterocycles. The predicted molar refractivity (Wildman–Crippen MR) is 134 cm³/mol. The molecule has 182 valence electrons. The zero-order chi connectivity index (χ0) is 22.8. The molecule has 10 heteroatoms. The Morgan fingerprint density at radius 1 is 1.16 bits per heavy atom. The molecule has 1 unspecified atom stereocenters. The first-order chi connectivity index (χ1) is 14.0. The molecular weight excluding hydrogens is 513 g/mol. The van der Waals surface area contributed by atoms with Gasteiger partial charge in [0.25, 0.3) is 0 Å². The van der Waals surface area contributed by atoms with Crippen LogP contribution in [-0.2, 0) is 14.3 Å². The van der Waals surface area contributed by atoms with E-state index in [1.807, 2.05) is 34.6 Å². The summed E-state index contributed by atoms with van der Waals surface area (Å²) < 4.78 is 10.9. The van der Waals surface area contributed by atoms with Crippen LogP contribution < -0.4 is 16.0 Å². The molecule has 0 aromatic heterocycles. The van der Waals surface area contributed by atoms with E-state index in [1.165, 1.54) is 4.90 Å². The molecule has 1 aliphatic rings. The summed E-state index contributed by atoms with van der Waals surface area (Å²) in [6.45, 7) is 12.3. The van der Waals surface area contributed by atoms with Crippen LogP contribution >= 0.6 is 24.0 Å². The van der Waals surface area contributed by atoms with Crippen molar-refractivity contribution in [1.29, 1.82) is 0 Å². The summed E-state index contributed by atoms with van der Waals surface area (Å²) in [6, 6.07) is 0. The molecule has 0 saturated carbocycles. The number of hydrogen-bond acceptors (Lipinski definition) is 5. The second-order valence-corrected chi connectivity index (χ2v) is 9.03. The highest BCUT2D eigenvalue weighted by Crippen LogP contribution is 2.16. The molecule has 9 nitrogen and oxygen atoms in total. The average Bonchev–Trinajstić information content (AvgIpc) is 3.18. The molecule has 0 aromatic carbocycles. The first-order valence-electron chi connectivity index (χ1n) is 10.8. The van der Waals surface area contributed by atoms with Crippen LogP contribution in [0.5, 0.6) is 0 Å². The van der Waals surface area contributed by atoms with E-state index in [0.29, 0.717) is 25.0 Å². The van der Waals surface area contributed by atoms with Gasteiger partial charge in [0.15, 0.2) is 5.96 Å². The average molecular weight is 556 g/mol. The number of amides is 2. The number of nitrogens with one attached hydrogen (secondary N) is 3. The molecule has 0 radical (unpaired) electrons. The topological polar surface area (TPSA) is 104 Å². The van der Waals surface area contributed by atoms with Gasteiger partial charge in [-0.05, 0) is 40.0 Å². The molecule has 1 atom stereocenters. The van der Waals surface area contributed by atoms with Crippen LogP contribution in [0.25, 0.3) is 0 Å². The van der Waals surface area contributed by atoms with Crippen LogP contribution in [0.2, 0.25) is 0 Å². The van der Waals surface area contributed by atoms with Gasteiger partial charge >= 0.3 is 6.09 Å². The van der Waals surface area contributed by atoms with Crippen LogP contribution in [0.4, 0.5) is 4.79 Å². The molecule has 2 amide bonds. The summed E-state index contributed by atoms with van der Waals surface area (Å²) in [4.78, 5) is 30.3. The maximum absolute atomic E-state index is 12.4. The first-order valence-corrected chi connectivity index (χ1v) is 10.8. The van der Waals surface area contributed by atoms with Gasteiger partial charge in [-0.25, -0.2) is 9.79 Å². The lowest BCUT2D eigenvalue weighted by atomic mass is 9.93. The summed E-state index contributed by atoms with van der Waals surface area (Å²) >= 11 is 0. The Hall–Kier alpha value is -1.30. The van der Waals surface area contributed by atoms with E-state index in [2.05, 4.69) is 20.9 Å². The Kier molecular flexibility index (Phi) is 13.4. The van der Waals surface area contributed by atoms with Gasteiger partial charge in [-0.1, -0.05) is 13.8 Å². The lowest BCUT2D eigenvalue weighted by Crippen LogP contribution is -2.57. The van der Waals surface area contributed by atoms with Gasteiger partial charge in [0.05, 0.1) is 12.1 Å². The molecule has 1 rings (SSSR count). The smallest absolute Gasteiger partial charge is 0.408 e. The van der Waals surface area contributed by atoms with Crippen molar-refractivity contribution in [3.8, 4) is 0 Å². The third-order valence-corrected chi connectivity index (χ3v) is 5.17. The van der Waals surface area contributed by atoms with Crippen molar-refractivity contribution in [2.75, 3.05) is 46.9 Å². The monoisotopic (exact) mass is 555 g/mol. The first kappa shape index (κ1) is 29.7. The number of carbonyl (C=O) groups excluding carboxylic acids is 2. The Bertz CT molecular complexity index is 583. The van der Waals surface area contributed by atoms with Crippen molar-refractivity contribution in [2.45, 2.75) is 65.0 Å². The maximum atomic E-state index is 12.4. The molecule has 1 fully saturated rings. The number of hydrogen-bond donors (Lipinski definition) is 3. The van der Waals surface area contributed by atoms with Gasteiger partial charge in [0, 0.05) is 39.7 Å². The van der Waals surface area contributed by atoms with Gasteiger partial charge in [-0.3, -0.25) is 4.79 Å². The Morgan fingerprint density at radius 3 is 2.29 bits per heavy atom. The predicted octanol–water partition coefficient (Wildman–Crippen LogP) is 2.35. The van der Waals surface area contributed by atoms with Crippen LogP contribution in [0.1, 0.15) is 53.9 Å². The van der Waals surface area contributed by atoms with Crippen molar-refractivity contribution in [1.82, 2.24) is 20.9 Å². The second kappa shape index (κ2) is 14.0. The van der Waals surface area contributed by atoms with Crippen molar-refractivity contribution >= 4 is 41.9 Å². The number of carbonyl (C=O) groups is 2. The largest absolute Gasteiger partial charge is 0.444 e. The number of nitrogens with zero attached hydrogens (tertiary/aromatic N) is 2. The normalized spacial score (nSPS) is 16.9. The fourth-order valence-corrected chi connectivity index (χ4v) is 2.94. The fourth-order valence-electron chi connectivity index (χ4n) is 2.94. The highest BCUT2D eigenvalue weighted by molar-refractivity contribution is 14.0. The van der Waals surface area contributed by atoms with E-state index in [1.54, 1.807) is 14.1 Å². The van der Waals surface area contributed by atoms with Crippen LogP contribution in [0, 0.1) is 5.92 Å². The lowest BCUT2D eigenvalue weighted by Gasteiger charge is -2.34. The molecular formula is C21H42IN5O4. The highest BCUT2D eigenvalue weighted by atomic mass is 127. The number of likely N-dealkylation sites (N-methyl/N-ethyl adjacent to an activating group) is 1. The number of rotatable bonds is 9. The lowest BCUT2D eigenvalue weighted by molar-refractivity contribution is -0.127. The van der Waals surface area contributed by atoms with Crippen molar-refractivity contribution < 1.29 is 19.1 Å². The molecule has 1 aliphatic heterocycles. The molecule has 0 bridgehead atoms. The molecule has 31 heavy (non-hydrogen) atoms. The quantitative estimate of drug-likeness (QED) is 0.229. The third-order valence-electron chi connectivity index (χ3n) is 5.17. The van der Waals surface area contributed by atoms with Crippen molar-refractivity contribution in [3.05, 3.63) is 0 Å². The summed E-state index contributed by atoms with van der Waals surface area (Å²) in [6.07, 6.45) is 2.00. The Balaban J connectivity index is 0.00000900. The Morgan fingerprint density at radius 2 is 1.81 bits per heavy atom. The van der Waals surface area contributed by atoms with Gasteiger partial charge in [-0.2, -0.15) is 0 Å². The molecule has 0 spiro atoms. The minimum atomic E-state index is -0.561. The van der Waals surface area contributed by atoms with E-state index in [4.69, 9.17) is 9.47 Å². The van der Waals surface area contributed by atoms with Gasteiger partial charge < -0.3 is 30.3 Å². The van der Waals surface area contributed by atoms with Gasteiger partial charge in [0.1, 0.15) is 12.1 Å². The summed E-state index contributed by atoms with van der Waals surface area (Å²) in [5, 5.41) is 9.64. The van der Waals surface area contributed by atoms with E-state index in [-0.39, 0.29) is 36.4 Å². The number of ether oxygens (including phenoxy) is 2. The van der Waals surface area contributed by atoms with E-state index < -0.39 is 17.2 Å². The number of aliphatic imine (C=N–C) groups is 1. The SMILES string of the molecule is CCC(CC)(CNC(=NCC(=O)N(C)C)NCC1CCOC1)NC(=O)OC(C)(C)C.I. The van der Waals surface area contributed by atoms with E-state index in [0.717, 1.165) is 32.5 Å². The minimum Gasteiger partial charge on any atom is -0.444 e. The number of guanidine groups is 1. The van der Waals surface area contributed by atoms with Gasteiger partial charge in [0.2, 0.25) is 5.91 Å². The standard InChI is InChI=1S/C21H41N5O4.HI/c1-8-21(9-2,25-19(28)30-20(3,4)5)15-24-18(23-13-17(27)26(6)7)22-12-16-10-11-29-14-16;/h16H,8-15H2,1-7H3,(H,25,28)(H2,22,23,24);1H. The zero-order valence-electron chi connectivity index (χ0n) is 20.2. The van der Waals surface area contributed by atoms with E-state index >= 15 is 0 Å². The number of alkyl carbamates (subject to hydrolysis) is 1. The minimum absolute atomic E-state index is 0. The molecule has 0 aliphatic carbocycles. The maximum Gasteiger partial charge on any atom is 0.408 e. The molecule has 3 N–H and O–H groups in total. The van der Waals surface area contributed by atoms with Crippen molar-refractivity contribution in [2.24, 2.45) is 10.9 Å². The highest BCUT2D eigenvalue weighted by Gasteiger charge is 2.31. The van der Waals surface area contributed by atoms with Crippen LogP contribution in [-0.4, -0.2) is 80.9 Å². The fraction of sp³-hybridized carbons (Fsp3) is 0.857. The number of halogens is 1. The summed E-state index contributed by atoms with van der Waals surface area (Å²) in [5.74, 6) is 0.891. The second-order valence-electron chi connectivity index (χ2n) is 9.03. The molecule has 0 aromatic rings. The summed E-state index contributed by atoms with van der Waals surface area (Å²) in [5.41, 5.74) is -1.05. The molecule has 1 heterocycles. The van der Waals surface area contributed by atoms with Crippen LogP contribution in [0.15, 0.2) is 4.99 Å². The third kappa shape index (κ3) is 11.8. The van der Waals surface area contributed by atoms with E-state index in [9.17, 15) is 9.59 Å².